The van der Waals surface area contributed by atoms with Gasteiger partial charge in [0.2, 0.25) is 11.5 Å². The van der Waals surface area contributed by atoms with Crippen LogP contribution in [0.5, 0.6) is 11.5 Å². The first-order valence-electron chi connectivity index (χ1n) is 13.7. The Labute approximate surface area is 252 Å². The van der Waals surface area contributed by atoms with Crippen LogP contribution in [0.1, 0.15) is 64.9 Å². The van der Waals surface area contributed by atoms with Crippen LogP contribution in [0.3, 0.4) is 0 Å². The molecule has 8 nitrogen and oxygen atoms in total. The van der Waals surface area contributed by atoms with Crippen LogP contribution in [0, 0.1) is 20.2 Å². The number of nitrogens with zero attached hydrogens (tertiary/aromatic N) is 2. The Morgan fingerprint density at radius 2 is 1.23 bits per heavy atom. The fourth-order valence-electron chi connectivity index (χ4n) is 4.18. The average Bonchev–Trinajstić information content (AvgIpc) is 2.96. The maximum atomic E-state index is 10.5. The summed E-state index contributed by atoms with van der Waals surface area (Å²) in [5.74, 6) is 0.505. The number of para-hydroxylation sites is 2. The summed E-state index contributed by atoms with van der Waals surface area (Å²) in [5.41, 5.74) is 0.545. The van der Waals surface area contributed by atoms with Crippen molar-refractivity contribution in [2.24, 2.45) is 0 Å². The number of rotatable bonds is 15. The predicted octanol–water partition coefficient (Wildman–Crippen LogP) is 10.2. The zero-order chi connectivity index (χ0) is 30.6. The molecule has 40 heavy (non-hydrogen) atoms. The largest absolute Gasteiger partial charge is 0.489 e. The fourth-order valence-corrected chi connectivity index (χ4v) is 17.6. The molecule has 0 radical (unpaired) electrons. The zero-order valence-electron chi connectivity index (χ0n) is 24.6. The van der Waals surface area contributed by atoms with Gasteiger partial charge in [0.25, 0.3) is 0 Å². The van der Waals surface area contributed by atoms with Crippen molar-refractivity contribution in [2.45, 2.75) is 72.6 Å². The molecule has 2 aromatic rings. The molecule has 0 atom stereocenters. The Morgan fingerprint density at radius 3 is 1.55 bits per heavy atom. The third-order valence-electron chi connectivity index (χ3n) is 6.51. The van der Waals surface area contributed by atoms with E-state index in [0.717, 1.165) is 0 Å². The molecule has 0 aliphatic heterocycles. The van der Waals surface area contributed by atoms with E-state index in [1.165, 1.54) is 71.0 Å². The third kappa shape index (κ3) is 12.8. The van der Waals surface area contributed by atoms with E-state index in [1.54, 1.807) is 37.6 Å². The first-order valence-corrected chi connectivity index (χ1v) is 22.2. The molecule has 0 aromatic heterocycles. The summed E-state index contributed by atoms with van der Waals surface area (Å²) < 4.78 is 17.5. The topological polar surface area (TPSA) is 105 Å². The van der Waals surface area contributed by atoms with Gasteiger partial charge >= 0.3 is 113 Å². The van der Waals surface area contributed by atoms with Gasteiger partial charge in [-0.1, -0.05) is 30.9 Å². The minimum absolute atomic E-state index is 0.0353. The van der Waals surface area contributed by atoms with Crippen LogP contribution in [0.2, 0.25) is 13.3 Å². The van der Waals surface area contributed by atoms with E-state index in [1.807, 2.05) is 0 Å². The van der Waals surface area contributed by atoms with Crippen LogP contribution in [0.25, 0.3) is 6.08 Å². The van der Waals surface area contributed by atoms with Crippen LogP contribution in [0.4, 0.5) is 11.4 Å². The summed E-state index contributed by atoms with van der Waals surface area (Å²) in [6.07, 6.45) is 9.98. The monoisotopic (exact) mass is 728 g/mol. The van der Waals surface area contributed by atoms with E-state index in [9.17, 15) is 20.2 Å². The van der Waals surface area contributed by atoms with Gasteiger partial charge in [-0.15, -0.1) is 0 Å². The van der Waals surface area contributed by atoms with Crippen LogP contribution >= 0.6 is 15.9 Å². The Bertz CT molecular complexity index is 1060. The van der Waals surface area contributed by atoms with Gasteiger partial charge in [0.1, 0.15) is 0 Å². The number of halogens is 1. The number of benzene rings is 2. The van der Waals surface area contributed by atoms with Crippen molar-refractivity contribution < 1.29 is 19.3 Å². The fraction of sp³-hybridized carbons (Fsp3) is 0.467. The smallest absolute Gasteiger partial charge is 0.312 e. The molecule has 0 bridgehead atoms. The van der Waals surface area contributed by atoms with Gasteiger partial charge in [-0.05, 0) is 22.0 Å². The summed E-state index contributed by atoms with van der Waals surface area (Å²) >= 11 is 1.29. The van der Waals surface area contributed by atoms with Crippen molar-refractivity contribution in [3.63, 3.8) is 0 Å². The number of nitro benzene ring substituents is 2. The molecule has 0 fully saturated rings. The van der Waals surface area contributed by atoms with Crippen molar-refractivity contribution in [1.82, 2.24) is 0 Å². The molecular weight excluding hydrogens is 683 g/mol. The van der Waals surface area contributed by atoms with E-state index < -0.39 is 28.2 Å². The van der Waals surface area contributed by atoms with E-state index >= 15 is 0 Å². The summed E-state index contributed by atoms with van der Waals surface area (Å²) in [6, 6.07) is 9.36. The number of unbranched alkanes of at least 4 members (excludes halogenated alkanes) is 3. The Kier molecular flexibility index (Phi) is 20.1. The van der Waals surface area contributed by atoms with Crippen molar-refractivity contribution in [3.8, 4) is 11.5 Å². The van der Waals surface area contributed by atoms with Crippen molar-refractivity contribution in [2.75, 3.05) is 14.2 Å². The molecule has 0 spiro atoms. The van der Waals surface area contributed by atoms with Crippen molar-refractivity contribution >= 4 is 51.8 Å². The Balaban J connectivity index is 0.000000573. The molecule has 2 rings (SSSR count). The molecular formula is C30H45BrN2O6Sn. The summed E-state index contributed by atoms with van der Waals surface area (Å²) in [5, 5.41) is 21.0. The summed E-state index contributed by atoms with van der Waals surface area (Å²) in [7, 11) is 2.79. The molecule has 0 amide bonds. The van der Waals surface area contributed by atoms with Crippen LogP contribution in [-0.4, -0.2) is 42.4 Å². The normalized spacial score (nSPS) is 10.2. The maximum Gasteiger partial charge on any atom is 0.312 e. The van der Waals surface area contributed by atoms with Crippen molar-refractivity contribution in [3.05, 3.63) is 83.9 Å². The molecule has 0 aliphatic rings. The van der Waals surface area contributed by atoms with E-state index in [0.29, 0.717) is 10.0 Å². The van der Waals surface area contributed by atoms with Gasteiger partial charge in [0.05, 0.1) is 28.5 Å². The van der Waals surface area contributed by atoms with E-state index in [2.05, 4.69) is 54.0 Å². The second-order valence-corrected chi connectivity index (χ2v) is 23.4. The molecule has 0 aliphatic carbocycles. The molecule has 222 valence electrons. The second kappa shape index (κ2) is 21.4. The number of hydrogen-bond acceptors (Lipinski definition) is 6. The zero-order valence-corrected chi connectivity index (χ0v) is 29.1. The Hall–Kier alpha value is -2.40. The van der Waals surface area contributed by atoms with Crippen LogP contribution in [0.15, 0.2) is 58.1 Å². The van der Waals surface area contributed by atoms with Gasteiger partial charge in [0.15, 0.2) is 0 Å². The molecule has 0 heterocycles. The number of ether oxygens (including phenoxy) is 2. The molecule has 0 saturated heterocycles. The molecule has 10 heteroatoms. The average molecular weight is 728 g/mol. The molecule has 0 N–H and O–H groups in total. The van der Waals surface area contributed by atoms with E-state index in [4.69, 9.17) is 9.47 Å². The standard InChI is InChI=1S/C9H9NO3.C7H6BrNO3.3C4H9.C2H3.Sn/c1-3-7-5-4-6-8(10(11)12)9(7)13-2;1-12-7-5(8)3-2-4-6(7)9(10)11;3*1-3-4-2;1-2;/h3-6H,1H2,2H3;2-4H,1H3;3*1,3-4H2,2H3;1H,2H2;. The maximum absolute atomic E-state index is 10.5. The van der Waals surface area contributed by atoms with Crippen LogP contribution < -0.4 is 9.47 Å². The summed E-state index contributed by atoms with van der Waals surface area (Å²) in [4.78, 5) is 20.0. The van der Waals surface area contributed by atoms with Gasteiger partial charge in [-0.3, -0.25) is 20.2 Å². The number of methoxy groups -OCH3 is 2. The molecule has 0 unspecified atom stereocenters. The first-order chi connectivity index (χ1) is 19.1. The minimum atomic E-state index is -1.85. The molecule has 0 saturated carbocycles. The predicted molar refractivity (Wildman–Crippen MR) is 172 cm³/mol. The first kappa shape index (κ1) is 37.6. The Morgan fingerprint density at radius 1 is 0.800 bits per heavy atom. The van der Waals surface area contributed by atoms with Gasteiger partial charge in [0, 0.05) is 17.7 Å². The second-order valence-electron chi connectivity index (χ2n) is 9.29. The third-order valence-corrected chi connectivity index (χ3v) is 21.2. The minimum Gasteiger partial charge on any atom is -0.489 e. The van der Waals surface area contributed by atoms with Gasteiger partial charge in [-0.2, -0.15) is 0 Å². The summed E-state index contributed by atoms with van der Waals surface area (Å²) in [6.45, 7) is 14.7. The van der Waals surface area contributed by atoms with E-state index in [-0.39, 0.29) is 22.9 Å². The number of hydrogen-bond donors (Lipinski definition) is 0. The SMILES string of the molecule is C=Cc1cccc([N+](=O)[O-])c1OC.C=[CH][Sn]([CH2]CCC)([CH2]CCC)[CH2]CCC.COc1c(Br)cccc1[N+](=O)[O-]. The van der Waals surface area contributed by atoms with Gasteiger partial charge < -0.3 is 9.47 Å². The van der Waals surface area contributed by atoms with Crippen molar-refractivity contribution in [1.29, 1.82) is 0 Å². The van der Waals surface area contributed by atoms with Gasteiger partial charge in [-0.25, -0.2) is 0 Å². The number of nitro groups is 2. The van der Waals surface area contributed by atoms with Crippen LogP contribution in [-0.2, 0) is 0 Å². The quantitative estimate of drug-likeness (QED) is 0.103. The molecule has 2 aromatic carbocycles.